The Hall–Kier alpha value is -1.85. The summed E-state index contributed by atoms with van der Waals surface area (Å²) in [7, 11) is 1.93. The first-order valence-electron chi connectivity index (χ1n) is 7.48. The second-order valence-electron chi connectivity index (χ2n) is 5.84. The van der Waals surface area contributed by atoms with Gasteiger partial charge in [0.25, 0.3) is 5.69 Å². The fourth-order valence-corrected chi connectivity index (χ4v) is 2.20. The van der Waals surface area contributed by atoms with Crippen molar-refractivity contribution in [3.8, 4) is 0 Å². The first-order chi connectivity index (χ1) is 9.85. The Kier molecular flexibility index (Phi) is 6.39. The molecule has 1 N–H and O–H groups in total. The average molecular weight is 294 g/mol. The second-order valence-corrected chi connectivity index (χ2v) is 5.84. The highest BCUT2D eigenvalue weighted by Crippen LogP contribution is 2.25. The minimum atomic E-state index is -0.372. The summed E-state index contributed by atoms with van der Waals surface area (Å²) in [5, 5.41) is 14.2. The fourth-order valence-electron chi connectivity index (χ4n) is 2.20. The molecule has 0 aliphatic heterocycles. The molecule has 0 aromatic carbocycles. The van der Waals surface area contributed by atoms with Gasteiger partial charge >= 0.3 is 0 Å². The van der Waals surface area contributed by atoms with E-state index in [1.165, 1.54) is 12.1 Å². The van der Waals surface area contributed by atoms with Crippen LogP contribution in [0, 0.1) is 16.0 Å². The van der Waals surface area contributed by atoms with E-state index in [-0.39, 0.29) is 16.7 Å². The zero-order chi connectivity index (χ0) is 16.0. The van der Waals surface area contributed by atoms with Crippen LogP contribution < -0.4 is 10.2 Å². The van der Waals surface area contributed by atoms with Crippen LogP contribution >= 0.6 is 0 Å². The number of anilines is 2. The van der Waals surface area contributed by atoms with Crippen molar-refractivity contribution < 1.29 is 4.92 Å². The molecular weight excluding hydrogens is 268 g/mol. The van der Waals surface area contributed by atoms with Crippen LogP contribution in [-0.4, -0.2) is 29.5 Å². The van der Waals surface area contributed by atoms with E-state index in [0.717, 1.165) is 19.4 Å². The predicted molar refractivity (Wildman–Crippen MR) is 87.0 cm³/mol. The van der Waals surface area contributed by atoms with Crippen molar-refractivity contribution >= 4 is 17.3 Å². The van der Waals surface area contributed by atoms with Gasteiger partial charge in [0.1, 0.15) is 11.6 Å². The maximum Gasteiger partial charge on any atom is 0.276 e. The van der Waals surface area contributed by atoms with E-state index in [1.54, 1.807) is 0 Å². The van der Waals surface area contributed by atoms with Gasteiger partial charge in [-0.2, -0.15) is 0 Å². The van der Waals surface area contributed by atoms with Crippen molar-refractivity contribution in [2.75, 3.05) is 23.8 Å². The van der Waals surface area contributed by atoms with Crippen LogP contribution in [0.25, 0.3) is 0 Å². The molecule has 1 aromatic heterocycles. The van der Waals surface area contributed by atoms with E-state index in [1.807, 2.05) is 18.9 Å². The molecular formula is C15H26N4O2. The standard InChI is InChI=1S/C15H26N4O2/c1-6-7-16-14-9-13(19(20)21)10-15(17-14)18(5)12(4)8-11(2)3/h9-12H,6-8H2,1-5H3,(H,16,17). The van der Waals surface area contributed by atoms with Crippen LogP contribution in [0.15, 0.2) is 12.1 Å². The zero-order valence-corrected chi connectivity index (χ0v) is 13.6. The number of rotatable bonds is 8. The molecule has 0 aliphatic carbocycles. The molecule has 0 bridgehead atoms. The highest BCUT2D eigenvalue weighted by Gasteiger charge is 2.17. The van der Waals surface area contributed by atoms with Crippen LogP contribution in [0.1, 0.15) is 40.5 Å². The lowest BCUT2D eigenvalue weighted by Crippen LogP contribution is -2.31. The summed E-state index contributed by atoms with van der Waals surface area (Å²) in [5.41, 5.74) is 0.0715. The van der Waals surface area contributed by atoms with Gasteiger partial charge in [-0.25, -0.2) is 4.98 Å². The molecule has 0 aliphatic rings. The van der Waals surface area contributed by atoms with Crippen molar-refractivity contribution in [2.24, 2.45) is 5.92 Å². The Morgan fingerprint density at radius 3 is 2.57 bits per heavy atom. The van der Waals surface area contributed by atoms with Crippen LogP contribution in [0.2, 0.25) is 0 Å². The quantitative estimate of drug-likeness (QED) is 0.585. The molecule has 1 heterocycles. The predicted octanol–water partition coefficient (Wildman–Crippen LogP) is 3.68. The largest absolute Gasteiger partial charge is 0.370 e. The number of pyridine rings is 1. The van der Waals surface area contributed by atoms with Crippen molar-refractivity contribution in [1.82, 2.24) is 4.98 Å². The summed E-state index contributed by atoms with van der Waals surface area (Å²) in [5.74, 6) is 1.76. The molecule has 1 aromatic rings. The molecule has 1 atom stereocenters. The molecule has 21 heavy (non-hydrogen) atoms. The van der Waals surface area contributed by atoms with Crippen LogP contribution in [0.3, 0.4) is 0 Å². The second kappa shape index (κ2) is 7.81. The van der Waals surface area contributed by atoms with Crippen molar-refractivity contribution in [3.05, 3.63) is 22.2 Å². The highest BCUT2D eigenvalue weighted by molar-refractivity contribution is 5.56. The van der Waals surface area contributed by atoms with E-state index in [4.69, 9.17) is 0 Å². The normalized spacial score (nSPS) is 12.3. The Balaban J connectivity index is 3.03. The lowest BCUT2D eigenvalue weighted by Gasteiger charge is -2.27. The first-order valence-corrected chi connectivity index (χ1v) is 7.48. The molecule has 0 amide bonds. The molecule has 1 rings (SSSR count). The van der Waals surface area contributed by atoms with E-state index in [9.17, 15) is 10.1 Å². The zero-order valence-electron chi connectivity index (χ0n) is 13.6. The minimum Gasteiger partial charge on any atom is -0.370 e. The van der Waals surface area contributed by atoms with E-state index < -0.39 is 0 Å². The molecule has 0 saturated carbocycles. The first kappa shape index (κ1) is 17.2. The van der Waals surface area contributed by atoms with Gasteiger partial charge in [0.05, 0.1) is 17.1 Å². The van der Waals surface area contributed by atoms with E-state index in [0.29, 0.717) is 17.6 Å². The summed E-state index contributed by atoms with van der Waals surface area (Å²) in [4.78, 5) is 17.2. The van der Waals surface area contributed by atoms with E-state index >= 15 is 0 Å². The van der Waals surface area contributed by atoms with Gasteiger partial charge < -0.3 is 10.2 Å². The van der Waals surface area contributed by atoms with Crippen LogP contribution in [0.5, 0.6) is 0 Å². The number of nitro groups is 1. The maximum atomic E-state index is 11.1. The summed E-state index contributed by atoms with van der Waals surface area (Å²) in [6.07, 6.45) is 1.96. The van der Waals surface area contributed by atoms with Gasteiger partial charge in [0.15, 0.2) is 0 Å². The lowest BCUT2D eigenvalue weighted by atomic mass is 10.0. The third-order valence-corrected chi connectivity index (χ3v) is 3.40. The minimum absolute atomic E-state index is 0.0715. The third-order valence-electron chi connectivity index (χ3n) is 3.40. The highest BCUT2D eigenvalue weighted by atomic mass is 16.6. The van der Waals surface area contributed by atoms with Gasteiger partial charge in [-0.3, -0.25) is 10.1 Å². The topological polar surface area (TPSA) is 71.3 Å². The Morgan fingerprint density at radius 2 is 2.05 bits per heavy atom. The molecule has 6 nitrogen and oxygen atoms in total. The smallest absolute Gasteiger partial charge is 0.276 e. The van der Waals surface area contributed by atoms with Gasteiger partial charge in [-0.05, 0) is 25.7 Å². The molecule has 6 heteroatoms. The summed E-state index contributed by atoms with van der Waals surface area (Å²) in [6.45, 7) is 9.24. The summed E-state index contributed by atoms with van der Waals surface area (Å²) >= 11 is 0. The molecule has 0 radical (unpaired) electrons. The Bertz CT molecular complexity index is 477. The fraction of sp³-hybridized carbons (Fsp3) is 0.667. The monoisotopic (exact) mass is 294 g/mol. The van der Waals surface area contributed by atoms with Crippen molar-refractivity contribution in [1.29, 1.82) is 0 Å². The molecule has 118 valence electrons. The summed E-state index contributed by atoms with van der Waals surface area (Å²) < 4.78 is 0. The molecule has 0 spiro atoms. The number of nitrogens with zero attached hydrogens (tertiary/aromatic N) is 3. The number of hydrogen-bond acceptors (Lipinski definition) is 5. The van der Waals surface area contributed by atoms with Gasteiger partial charge in [-0.15, -0.1) is 0 Å². The van der Waals surface area contributed by atoms with Gasteiger partial charge in [-0.1, -0.05) is 20.8 Å². The number of nitrogens with one attached hydrogen (secondary N) is 1. The number of aromatic nitrogens is 1. The van der Waals surface area contributed by atoms with Gasteiger partial charge in [0, 0.05) is 19.6 Å². The van der Waals surface area contributed by atoms with Crippen molar-refractivity contribution in [3.63, 3.8) is 0 Å². The van der Waals surface area contributed by atoms with Crippen LogP contribution in [0.4, 0.5) is 17.3 Å². The maximum absolute atomic E-state index is 11.1. The van der Waals surface area contributed by atoms with E-state index in [2.05, 4.69) is 31.1 Å². The Labute approximate surface area is 126 Å². The Morgan fingerprint density at radius 1 is 1.38 bits per heavy atom. The van der Waals surface area contributed by atoms with Crippen LogP contribution in [-0.2, 0) is 0 Å². The van der Waals surface area contributed by atoms with Gasteiger partial charge in [0.2, 0.25) is 0 Å². The van der Waals surface area contributed by atoms with Crippen molar-refractivity contribution in [2.45, 2.75) is 46.6 Å². The third kappa shape index (κ3) is 5.21. The molecule has 0 saturated heterocycles. The lowest BCUT2D eigenvalue weighted by molar-refractivity contribution is -0.384. The SMILES string of the molecule is CCCNc1cc([N+](=O)[O-])cc(N(C)C(C)CC(C)C)n1. The summed E-state index contributed by atoms with van der Waals surface area (Å²) in [6, 6.07) is 3.30. The molecule has 1 unspecified atom stereocenters. The average Bonchev–Trinajstić information content (AvgIpc) is 2.43. The number of hydrogen-bond donors (Lipinski definition) is 1. The molecule has 0 fully saturated rings.